The Balaban J connectivity index is 5.03. The van der Waals surface area contributed by atoms with Gasteiger partial charge in [0.1, 0.15) is 0 Å². The molecule has 0 fully saturated rings. The van der Waals surface area contributed by atoms with E-state index in [-0.39, 0.29) is 5.41 Å². The summed E-state index contributed by atoms with van der Waals surface area (Å²) in [6, 6.07) is 0. The van der Waals surface area contributed by atoms with Crippen LogP contribution in [0.3, 0.4) is 0 Å². The predicted octanol–water partition coefficient (Wildman–Crippen LogP) is 4.76. The molecule has 0 unspecified atom stereocenters. The van der Waals surface area contributed by atoms with Crippen LogP contribution >= 0.6 is 0 Å². The van der Waals surface area contributed by atoms with Crippen molar-refractivity contribution in [2.45, 2.75) is 48.0 Å². The second-order valence-corrected chi connectivity index (χ2v) is 5.25. The Morgan fingerprint density at radius 1 is 1.44 bits per heavy atom. The van der Waals surface area contributed by atoms with Crippen LogP contribution in [0.15, 0.2) is 35.2 Å². The predicted molar refractivity (Wildman–Crippen MR) is 73.8 cm³/mol. The number of allylic oxidation sites excluding steroid dienone is 2. The Labute approximate surface area is 101 Å². The number of aliphatic imine (C=N–C) groups is 1. The quantitative estimate of drug-likeness (QED) is 0.367. The van der Waals surface area contributed by atoms with Gasteiger partial charge in [-0.3, -0.25) is 4.99 Å². The SMILES string of the molecule is C=C=C/C(=C\N=C(/C)C(C)(C)C)[C@H](C)CC. The zero-order valence-corrected chi connectivity index (χ0v) is 11.6. The molecule has 0 aromatic carbocycles. The molecule has 16 heavy (non-hydrogen) atoms. The van der Waals surface area contributed by atoms with E-state index in [0.29, 0.717) is 5.92 Å². The molecule has 1 atom stereocenters. The van der Waals surface area contributed by atoms with Gasteiger partial charge in [-0.1, -0.05) is 41.2 Å². The van der Waals surface area contributed by atoms with E-state index in [9.17, 15) is 0 Å². The summed E-state index contributed by atoms with van der Waals surface area (Å²) in [5.74, 6) is 0.505. The van der Waals surface area contributed by atoms with Gasteiger partial charge in [0, 0.05) is 11.9 Å². The van der Waals surface area contributed by atoms with Crippen LogP contribution in [0.5, 0.6) is 0 Å². The molecule has 0 saturated carbocycles. The monoisotopic (exact) mass is 219 g/mol. The van der Waals surface area contributed by atoms with Crippen LogP contribution in [0.4, 0.5) is 0 Å². The zero-order chi connectivity index (χ0) is 12.8. The summed E-state index contributed by atoms with van der Waals surface area (Å²) in [6.07, 6.45) is 4.98. The van der Waals surface area contributed by atoms with Crippen LogP contribution in [0.2, 0.25) is 0 Å². The van der Waals surface area contributed by atoms with Crippen molar-refractivity contribution in [3.63, 3.8) is 0 Å². The molecule has 0 aromatic rings. The molecule has 0 amide bonds. The zero-order valence-electron chi connectivity index (χ0n) is 11.6. The molecule has 0 rings (SSSR count). The van der Waals surface area contributed by atoms with Crippen molar-refractivity contribution >= 4 is 5.71 Å². The Morgan fingerprint density at radius 2 is 2.00 bits per heavy atom. The number of rotatable bonds is 4. The van der Waals surface area contributed by atoms with E-state index in [4.69, 9.17) is 0 Å². The van der Waals surface area contributed by atoms with Crippen molar-refractivity contribution in [3.8, 4) is 0 Å². The second kappa shape index (κ2) is 6.50. The van der Waals surface area contributed by atoms with Crippen molar-refractivity contribution in [1.82, 2.24) is 0 Å². The van der Waals surface area contributed by atoms with E-state index >= 15 is 0 Å². The molecule has 0 heterocycles. The third kappa shape index (κ3) is 5.14. The number of hydrogen-bond donors (Lipinski definition) is 0. The number of nitrogens with zero attached hydrogens (tertiary/aromatic N) is 1. The highest BCUT2D eigenvalue weighted by Gasteiger charge is 2.13. The van der Waals surface area contributed by atoms with E-state index in [0.717, 1.165) is 12.1 Å². The fourth-order valence-corrected chi connectivity index (χ4v) is 1.03. The molecule has 0 aliphatic heterocycles. The van der Waals surface area contributed by atoms with Gasteiger partial charge in [-0.05, 0) is 36.3 Å². The van der Waals surface area contributed by atoms with E-state index in [2.05, 4.69) is 58.8 Å². The molecule has 1 heteroatoms. The first-order valence-electron chi connectivity index (χ1n) is 5.93. The lowest BCUT2D eigenvalue weighted by atomic mass is 9.91. The molecule has 0 radical (unpaired) electrons. The lowest BCUT2D eigenvalue weighted by Crippen LogP contribution is -2.16. The molecule has 0 saturated heterocycles. The van der Waals surface area contributed by atoms with Gasteiger partial charge in [0.25, 0.3) is 0 Å². The summed E-state index contributed by atoms with van der Waals surface area (Å²) in [7, 11) is 0. The van der Waals surface area contributed by atoms with Gasteiger partial charge in [-0.25, -0.2) is 0 Å². The average molecular weight is 219 g/mol. The maximum Gasteiger partial charge on any atom is 0.0308 e. The van der Waals surface area contributed by atoms with Gasteiger partial charge >= 0.3 is 0 Å². The normalized spacial score (nSPS) is 15.6. The smallest absolute Gasteiger partial charge is 0.0308 e. The van der Waals surface area contributed by atoms with Crippen molar-refractivity contribution in [3.05, 3.63) is 30.2 Å². The van der Waals surface area contributed by atoms with Crippen LogP contribution < -0.4 is 0 Å². The van der Waals surface area contributed by atoms with Gasteiger partial charge in [0.2, 0.25) is 0 Å². The molecule has 0 bridgehead atoms. The van der Waals surface area contributed by atoms with Gasteiger partial charge < -0.3 is 0 Å². The maximum absolute atomic E-state index is 4.54. The van der Waals surface area contributed by atoms with Crippen LogP contribution in [-0.4, -0.2) is 5.71 Å². The van der Waals surface area contributed by atoms with E-state index in [1.165, 1.54) is 5.57 Å². The minimum absolute atomic E-state index is 0.134. The largest absolute Gasteiger partial charge is 0.265 e. The summed E-state index contributed by atoms with van der Waals surface area (Å²) in [5.41, 5.74) is 5.31. The van der Waals surface area contributed by atoms with Gasteiger partial charge in [-0.2, -0.15) is 0 Å². The summed E-state index contributed by atoms with van der Waals surface area (Å²) in [6.45, 7) is 16.6. The Hall–Kier alpha value is -1.07. The lowest BCUT2D eigenvalue weighted by molar-refractivity contribution is 0.587. The highest BCUT2D eigenvalue weighted by molar-refractivity contribution is 5.87. The van der Waals surface area contributed by atoms with Crippen LogP contribution in [-0.2, 0) is 0 Å². The van der Waals surface area contributed by atoms with Crippen molar-refractivity contribution in [2.24, 2.45) is 16.3 Å². The molecule has 0 aliphatic carbocycles. The molecule has 0 N–H and O–H groups in total. The minimum Gasteiger partial charge on any atom is -0.265 e. The summed E-state index contributed by atoms with van der Waals surface area (Å²) < 4.78 is 0. The van der Waals surface area contributed by atoms with Crippen molar-refractivity contribution < 1.29 is 0 Å². The average Bonchev–Trinajstić information content (AvgIpc) is 2.21. The third-order valence-corrected chi connectivity index (χ3v) is 2.94. The summed E-state index contributed by atoms with van der Waals surface area (Å²) in [5, 5.41) is 0. The second-order valence-electron chi connectivity index (χ2n) is 5.25. The summed E-state index contributed by atoms with van der Waals surface area (Å²) >= 11 is 0. The molecule has 0 aromatic heterocycles. The van der Waals surface area contributed by atoms with Crippen molar-refractivity contribution in [1.29, 1.82) is 0 Å². The summed E-state index contributed by atoms with van der Waals surface area (Å²) in [4.78, 5) is 4.54. The third-order valence-electron chi connectivity index (χ3n) is 2.94. The van der Waals surface area contributed by atoms with E-state index in [1.54, 1.807) is 0 Å². The Morgan fingerprint density at radius 3 is 2.38 bits per heavy atom. The standard InChI is InChI=1S/C15H25N/c1-8-10-14(12(3)9-2)11-16-13(4)15(5,6)7/h10-12H,1,9H2,2-7H3/b14-11+,16-13+/t12-/m1/s1. The van der Waals surface area contributed by atoms with Crippen LogP contribution in [0, 0.1) is 11.3 Å². The highest BCUT2D eigenvalue weighted by atomic mass is 14.7. The highest BCUT2D eigenvalue weighted by Crippen LogP contribution is 2.18. The molecule has 1 nitrogen and oxygen atoms in total. The molecule has 90 valence electrons. The Bertz CT molecular complexity index is 320. The first-order chi connectivity index (χ1) is 7.32. The molecule has 0 aliphatic rings. The molecule has 0 spiro atoms. The fourth-order valence-electron chi connectivity index (χ4n) is 1.03. The van der Waals surface area contributed by atoms with Gasteiger partial charge in [0.15, 0.2) is 0 Å². The molecular weight excluding hydrogens is 194 g/mol. The maximum atomic E-state index is 4.54. The first kappa shape index (κ1) is 14.9. The van der Waals surface area contributed by atoms with E-state index < -0.39 is 0 Å². The Kier molecular flexibility index (Phi) is 6.06. The topological polar surface area (TPSA) is 12.4 Å². The first-order valence-corrected chi connectivity index (χ1v) is 5.93. The van der Waals surface area contributed by atoms with Crippen LogP contribution in [0.1, 0.15) is 48.0 Å². The van der Waals surface area contributed by atoms with E-state index in [1.807, 2.05) is 12.3 Å². The number of hydrogen-bond acceptors (Lipinski definition) is 1. The lowest BCUT2D eigenvalue weighted by Gasteiger charge is -2.17. The van der Waals surface area contributed by atoms with Gasteiger partial charge in [-0.15, -0.1) is 5.73 Å². The van der Waals surface area contributed by atoms with Crippen molar-refractivity contribution in [2.75, 3.05) is 0 Å². The minimum atomic E-state index is 0.134. The molecular formula is C15H25N. The van der Waals surface area contributed by atoms with Gasteiger partial charge in [0.05, 0.1) is 0 Å². The van der Waals surface area contributed by atoms with Crippen LogP contribution in [0.25, 0.3) is 0 Å². The fraction of sp³-hybridized carbons (Fsp3) is 0.600.